The smallest absolute Gasteiger partial charge is 0.347 e. The highest BCUT2D eigenvalue weighted by Crippen LogP contribution is 2.20. The number of hydrogen-bond donors (Lipinski definition) is 0. The first-order valence-electron chi connectivity index (χ1n) is 4.84. The molecule has 1 aromatic carbocycles. The van der Waals surface area contributed by atoms with Crippen LogP contribution in [0, 0.1) is 11.6 Å². The fraction of sp³-hybridized carbons (Fsp3) is 0.364. The van der Waals surface area contributed by atoms with E-state index in [1.165, 1.54) is 7.11 Å². The molecule has 0 bridgehead atoms. The minimum absolute atomic E-state index is 0.178. The second-order valence-electron chi connectivity index (χ2n) is 3.18. The minimum atomic E-state index is -0.917. The predicted molar refractivity (Wildman–Crippen MR) is 61.2 cm³/mol. The van der Waals surface area contributed by atoms with Gasteiger partial charge in [0.1, 0.15) is 5.82 Å². The van der Waals surface area contributed by atoms with Crippen molar-refractivity contribution in [2.75, 3.05) is 12.4 Å². The minimum Gasteiger partial charge on any atom is -0.476 e. The van der Waals surface area contributed by atoms with Gasteiger partial charge in [0, 0.05) is 17.8 Å². The van der Waals surface area contributed by atoms with Gasteiger partial charge in [-0.2, -0.15) is 0 Å². The van der Waals surface area contributed by atoms with Gasteiger partial charge in [-0.15, -0.1) is 0 Å². The fourth-order valence-electron chi connectivity index (χ4n) is 1.18. The van der Waals surface area contributed by atoms with Crippen molar-refractivity contribution in [1.29, 1.82) is 0 Å². The van der Waals surface area contributed by atoms with Crippen LogP contribution in [0.4, 0.5) is 8.78 Å². The van der Waals surface area contributed by atoms with Crippen LogP contribution in [0.2, 0.25) is 0 Å². The average Bonchev–Trinajstić information content (AvgIpc) is 2.30. The van der Waals surface area contributed by atoms with Crippen molar-refractivity contribution in [3.63, 3.8) is 0 Å². The standard InChI is InChI=1S/C11H11BrF2O3/c1-16-11(15)10(4-5-12)17-9-3-2-7(13)6-8(9)14/h2-3,6,10H,4-5H2,1H3. The van der Waals surface area contributed by atoms with Crippen LogP contribution in [0.5, 0.6) is 5.75 Å². The van der Waals surface area contributed by atoms with E-state index in [0.29, 0.717) is 17.8 Å². The third-order valence-corrected chi connectivity index (χ3v) is 2.46. The van der Waals surface area contributed by atoms with Gasteiger partial charge in [0.15, 0.2) is 17.7 Å². The monoisotopic (exact) mass is 308 g/mol. The summed E-state index contributed by atoms with van der Waals surface area (Å²) in [4.78, 5) is 11.3. The molecule has 0 amide bonds. The van der Waals surface area contributed by atoms with Gasteiger partial charge in [0.2, 0.25) is 0 Å². The lowest BCUT2D eigenvalue weighted by atomic mass is 10.2. The molecule has 1 atom stereocenters. The number of ether oxygens (including phenoxy) is 2. The van der Waals surface area contributed by atoms with Crippen molar-refractivity contribution in [3.8, 4) is 5.75 Å². The van der Waals surface area contributed by atoms with Gasteiger partial charge in [0.05, 0.1) is 7.11 Å². The molecule has 0 saturated heterocycles. The quantitative estimate of drug-likeness (QED) is 0.620. The lowest BCUT2D eigenvalue weighted by Crippen LogP contribution is -2.29. The van der Waals surface area contributed by atoms with Crippen molar-refractivity contribution < 1.29 is 23.0 Å². The molecule has 0 aliphatic carbocycles. The summed E-state index contributed by atoms with van der Waals surface area (Å²) in [6.45, 7) is 0. The molecule has 3 nitrogen and oxygen atoms in total. The summed E-state index contributed by atoms with van der Waals surface area (Å²) in [6, 6.07) is 2.88. The van der Waals surface area contributed by atoms with Crippen molar-refractivity contribution in [1.82, 2.24) is 0 Å². The van der Waals surface area contributed by atoms with Crippen LogP contribution in [-0.4, -0.2) is 24.5 Å². The van der Waals surface area contributed by atoms with Gasteiger partial charge in [-0.3, -0.25) is 0 Å². The SMILES string of the molecule is COC(=O)C(CCBr)Oc1ccc(F)cc1F. The normalized spacial score (nSPS) is 12.0. The van der Waals surface area contributed by atoms with Crippen LogP contribution in [0.15, 0.2) is 18.2 Å². The van der Waals surface area contributed by atoms with Crippen molar-refractivity contribution in [2.45, 2.75) is 12.5 Å². The summed E-state index contributed by atoms with van der Waals surface area (Å²) in [5, 5.41) is 0.496. The number of carbonyl (C=O) groups is 1. The molecule has 0 aliphatic heterocycles. The number of halogens is 3. The summed E-state index contributed by atoms with van der Waals surface area (Å²) >= 11 is 3.15. The molecule has 0 aliphatic rings. The zero-order chi connectivity index (χ0) is 12.8. The number of carbonyl (C=O) groups excluding carboxylic acids is 1. The van der Waals surface area contributed by atoms with Crippen molar-refractivity contribution >= 4 is 21.9 Å². The number of methoxy groups -OCH3 is 1. The summed E-state index contributed by atoms with van der Waals surface area (Å²) in [5.41, 5.74) is 0. The molecule has 6 heteroatoms. The second kappa shape index (κ2) is 6.54. The number of hydrogen-bond acceptors (Lipinski definition) is 3. The lowest BCUT2D eigenvalue weighted by molar-refractivity contribution is -0.148. The lowest BCUT2D eigenvalue weighted by Gasteiger charge is -2.16. The molecule has 0 fully saturated rings. The Bertz CT molecular complexity index is 398. The van der Waals surface area contributed by atoms with Crippen LogP contribution in [0.1, 0.15) is 6.42 Å². The first kappa shape index (κ1) is 13.9. The highest BCUT2D eigenvalue weighted by Gasteiger charge is 2.21. The van der Waals surface area contributed by atoms with E-state index in [1.807, 2.05) is 0 Å². The molecule has 1 rings (SSSR count). The fourth-order valence-corrected chi connectivity index (χ4v) is 1.60. The molecule has 1 unspecified atom stereocenters. The van der Waals surface area contributed by atoms with Crippen LogP contribution in [0.3, 0.4) is 0 Å². The Balaban J connectivity index is 2.82. The van der Waals surface area contributed by atoms with Crippen LogP contribution < -0.4 is 4.74 Å². The van der Waals surface area contributed by atoms with Crippen molar-refractivity contribution in [2.24, 2.45) is 0 Å². The van der Waals surface area contributed by atoms with E-state index < -0.39 is 23.7 Å². The topological polar surface area (TPSA) is 35.5 Å². The maximum absolute atomic E-state index is 13.3. The summed E-state index contributed by atoms with van der Waals surface area (Å²) in [6.07, 6.45) is -0.594. The molecule has 0 saturated carbocycles. The maximum Gasteiger partial charge on any atom is 0.347 e. The van der Waals surface area contributed by atoms with E-state index in [9.17, 15) is 13.6 Å². The van der Waals surface area contributed by atoms with Gasteiger partial charge >= 0.3 is 5.97 Å². The van der Waals surface area contributed by atoms with Crippen molar-refractivity contribution in [3.05, 3.63) is 29.8 Å². The number of alkyl halides is 1. The maximum atomic E-state index is 13.3. The van der Waals surface area contributed by atoms with Crippen LogP contribution in [0.25, 0.3) is 0 Å². The van der Waals surface area contributed by atoms with Gasteiger partial charge < -0.3 is 9.47 Å². The van der Waals surface area contributed by atoms with Gasteiger partial charge in [-0.1, -0.05) is 15.9 Å². The first-order valence-corrected chi connectivity index (χ1v) is 5.96. The van der Waals surface area contributed by atoms with E-state index in [4.69, 9.17) is 4.74 Å². The molecule has 0 heterocycles. The van der Waals surface area contributed by atoms with Gasteiger partial charge in [-0.25, -0.2) is 13.6 Å². The van der Waals surface area contributed by atoms with E-state index >= 15 is 0 Å². The molecule has 94 valence electrons. The highest BCUT2D eigenvalue weighted by molar-refractivity contribution is 9.09. The van der Waals surface area contributed by atoms with Crippen LogP contribution in [-0.2, 0) is 9.53 Å². The highest BCUT2D eigenvalue weighted by atomic mass is 79.9. The number of esters is 1. The van der Waals surface area contributed by atoms with E-state index in [-0.39, 0.29) is 5.75 Å². The molecular weight excluding hydrogens is 298 g/mol. The molecule has 17 heavy (non-hydrogen) atoms. The summed E-state index contributed by atoms with van der Waals surface area (Å²) in [7, 11) is 1.22. The third kappa shape index (κ3) is 3.96. The molecule has 0 radical (unpaired) electrons. The zero-order valence-corrected chi connectivity index (χ0v) is 10.7. The number of benzene rings is 1. The van der Waals surface area contributed by atoms with E-state index in [0.717, 1.165) is 12.1 Å². The zero-order valence-electron chi connectivity index (χ0n) is 9.08. The Hall–Kier alpha value is -1.17. The molecule has 0 N–H and O–H groups in total. The Labute approximate surface area is 106 Å². The average molecular weight is 309 g/mol. The Morgan fingerprint density at radius 2 is 2.18 bits per heavy atom. The predicted octanol–water partition coefficient (Wildman–Crippen LogP) is 2.67. The first-order chi connectivity index (χ1) is 8.08. The second-order valence-corrected chi connectivity index (χ2v) is 3.98. The Kier molecular flexibility index (Phi) is 5.34. The summed E-state index contributed by atoms with van der Waals surface area (Å²) in [5.74, 6) is -2.34. The van der Waals surface area contributed by atoms with E-state index in [1.54, 1.807) is 0 Å². The Morgan fingerprint density at radius 3 is 2.71 bits per heavy atom. The molecule has 0 spiro atoms. The largest absolute Gasteiger partial charge is 0.476 e. The van der Waals surface area contributed by atoms with E-state index in [2.05, 4.69) is 20.7 Å². The number of rotatable bonds is 5. The Morgan fingerprint density at radius 1 is 1.47 bits per heavy atom. The van der Waals surface area contributed by atoms with Gasteiger partial charge in [-0.05, 0) is 12.1 Å². The summed E-state index contributed by atoms with van der Waals surface area (Å²) < 4.78 is 35.6. The third-order valence-electron chi connectivity index (χ3n) is 2.00. The molecule has 0 aromatic heterocycles. The molecular formula is C11H11BrF2O3. The molecule has 1 aromatic rings. The van der Waals surface area contributed by atoms with Gasteiger partial charge in [0.25, 0.3) is 0 Å². The van der Waals surface area contributed by atoms with Crippen LogP contribution >= 0.6 is 15.9 Å².